The molecular weight excluding hydrogens is 352 g/mol. The highest BCUT2D eigenvalue weighted by molar-refractivity contribution is 5.97. The Bertz CT molecular complexity index is 838. The van der Waals surface area contributed by atoms with Crippen molar-refractivity contribution in [2.75, 3.05) is 0 Å². The van der Waals surface area contributed by atoms with E-state index >= 15 is 0 Å². The summed E-state index contributed by atoms with van der Waals surface area (Å²) in [4.78, 5) is 21.4. The van der Waals surface area contributed by atoms with Gasteiger partial charge in [0.1, 0.15) is 11.3 Å². The van der Waals surface area contributed by atoms with Crippen molar-refractivity contribution in [3.63, 3.8) is 0 Å². The highest BCUT2D eigenvalue weighted by Crippen LogP contribution is 2.34. The lowest BCUT2D eigenvalue weighted by Gasteiger charge is -2.11. The Labute approximate surface area is 136 Å². The van der Waals surface area contributed by atoms with Gasteiger partial charge in [-0.1, -0.05) is 0 Å². The number of hydroxylamine groups is 1. The van der Waals surface area contributed by atoms with E-state index in [1.54, 1.807) is 0 Å². The van der Waals surface area contributed by atoms with Crippen LogP contribution in [0.4, 0.5) is 23.2 Å². The number of alkyl halides is 3. The lowest BCUT2D eigenvalue weighted by molar-refractivity contribution is -0.385. The molecule has 1 amide bonds. The molecule has 0 aliphatic carbocycles. The molecule has 25 heavy (non-hydrogen) atoms. The minimum Gasteiger partial charge on any atom is -0.454 e. The second-order valence-corrected chi connectivity index (χ2v) is 4.62. The molecule has 0 aliphatic rings. The number of benzene rings is 2. The summed E-state index contributed by atoms with van der Waals surface area (Å²) in [7, 11) is 0. The highest BCUT2D eigenvalue weighted by atomic mass is 19.4. The first-order chi connectivity index (χ1) is 11.6. The Balaban J connectivity index is 2.38. The molecule has 0 aromatic heterocycles. The van der Waals surface area contributed by atoms with Gasteiger partial charge in [0.15, 0.2) is 11.6 Å². The molecule has 2 rings (SSSR count). The molecule has 0 bridgehead atoms. The zero-order valence-electron chi connectivity index (χ0n) is 12.0. The molecule has 0 heterocycles. The average Bonchev–Trinajstić information content (AvgIpc) is 2.54. The second kappa shape index (κ2) is 6.73. The van der Waals surface area contributed by atoms with Crippen molar-refractivity contribution < 1.29 is 37.2 Å². The van der Waals surface area contributed by atoms with Crippen LogP contribution < -0.4 is 10.2 Å². The van der Waals surface area contributed by atoms with Crippen molar-refractivity contribution in [1.29, 1.82) is 0 Å². The van der Waals surface area contributed by atoms with Gasteiger partial charge in [-0.05, 0) is 24.3 Å². The molecular formula is C14H8F4N2O5. The van der Waals surface area contributed by atoms with Crippen LogP contribution >= 0.6 is 0 Å². The molecule has 2 aromatic carbocycles. The standard InChI is InChI=1S/C14H8F4N2O5/c15-10-5-7(14(16,17)18)1-4-12(10)25-8-2-3-11(20(23)24)9(6-8)13(21)19-22/h1-6,22H,(H,19,21). The van der Waals surface area contributed by atoms with E-state index in [2.05, 4.69) is 0 Å². The maximum absolute atomic E-state index is 13.7. The number of amides is 1. The molecule has 132 valence electrons. The van der Waals surface area contributed by atoms with Gasteiger partial charge in [-0.3, -0.25) is 20.1 Å². The van der Waals surface area contributed by atoms with Gasteiger partial charge in [0, 0.05) is 12.1 Å². The first-order valence-corrected chi connectivity index (χ1v) is 6.41. The largest absolute Gasteiger partial charge is 0.454 e. The number of carbonyl (C=O) groups excluding carboxylic acids is 1. The molecule has 0 aliphatic heterocycles. The summed E-state index contributed by atoms with van der Waals surface area (Å²) >= 11 is 0. The summed E-state index contributed by atoms with van der Waals surface area (Å²) < 4.78 is 56.2. The Morgan fingerprint density at radius 1 is 1.20 bits per heavy atom. The number of ether oxygens (including phenoxy) is 1. The van der Waals surface area contributed by atoms with E-state index in [4.69, 9.17) is 9.94 Å². The Morgan fingerprint density at radius 3 is 2.40 bits per heavy atom. The third-order valence-electron chi connectivity index (χ3n) is 3.00. The van der Waals surface area contributed by atoms with Crippen molar-refractivity contribution in [3.8, 4) is 11.5 Å². The number of nitrogens with zero attached hydrogens (tertiary/aromatic N) is 1. The van der Waals surface area contributed by atoms with Crippen molar-refractivity contribution in [3.05, 3.63) is 63.5 Å². The Kier molecular flexibility index (Phi) is 4.88. The third-order valence-corrected chi connectivity index (χ3v) is 3.00. The molecule has 0 fully saturated rings. The lowest BCUT2D eigenvalue weighted by Crippen LogP contribution is -2.19. The maximum atomic E-state index is 13.7. The second-order valence-electron chi connectivity index (χ2n) is 4.62. The molecule has 0 saturated carbocycles. The highest BCUT2D eigenvalue weighted by Gasteiger charge is 2.31. The minimum absolute atomic E-state index is 0.224. The molecule has 0 unspecified atom stereocenters. The van der Waals surface area contributed by atoms with Crippen molar-refractivity contribution in [2.45, 2.75) is 6.18 Å². The fourth-order valence-electron chi connectivity index (χ4n) is 1.87. The summed E-state index contributed by atoms with van der Waals surface area (Å²) in [5.41, 5.74) is -1.26. The molecule has 2 aromatic rings. The van der Waals surface area contributed by atoms with E-state index < -0.39 is 45.4 Å². The van der Waals surface area contributed by atoms with E-state index in [0.29, 0.717) is 6.07 Å². The summed E-state index contributed by atoms with van der Waals surface area (Å²) in [6.45, 7) is 0. The van der Waals surface area contributed by atoms with E-state index in [-0.39, 0.29) is 11.8 Å². The van der Waals surface area contributed by atoms with Gasteiger partial charge in [0.25, 0.3) is 11.6 Å². The molecule has 0 saturated heterocycles. The molecule has 0 atom stereocenters. The van der Waals surface area contributed by atoms with E-state index in [9.17, 15) is 32.5 Å². The van der Waals surface area contributed by atoms with Gasteiger partial charge < -0.3 is 4.74 Å². The smallest absolute Gasteiger partial charge is 0.416 e. The number of hydrogen-bond donors (Lipinski definition) is 2. The van der Waals surface area contributed by atoms with E-state index in [0.717, 1.165) is 24.3 Å². The first kappa shape index (κ1) is 18.1. The fourth-order valence-corrected chi connectivity index (χ4v) is 1.87. The molecule has 0 radical (unpaired) electrons. The number of halogens is 4. The summed E-state index contributed by atoms with van der Waals surface area (Å²) in [6.07, 6.45) is -4.74. The minimum atomic E-state index is -4.74. The number of nitro groups is 1. The average molecular weight is 360 g/mol. The number of carbonyl (C=O) groups is 1. The molecule has 0 spiro atoms. The Morgan fingerprint density at radius 2 is 1.88 bits per heavy atom. The summed E-state index contributed by atoms with van der Waals surface area (Å²) in [6, 6.07) is 4.25. The van der Waals surface area contributed by atoms with Crippen LogP contribution in [0.5, 0.6) is 11.5 Å². The van der Waals surface area contributed by atoms with Gasteiger partial charge >= 0.3 is 6.18 Å². The van der Waals surface area contributed by atoms with Crippen LogP contribution in [-0.4, -0.2) is 16.0 Å². The van der Waals surface area contributed by atoms with Crippen LogP contribution in [0.1, 0.15) is 15.9 Å². The lowest BCUT2D eigenvalue weighted by atomic mass is 10.1. The number of hydrogen-bond acceptors (Lipinski definition) is 5. The molecule has 2 N–H and O–H groups in total. The molecule has 11 heteroatoms. The van der Waals surface area contributed by atoms with Gasteiger partial charge in [-0.15, -0.1) is 0 Å². The topological polar surface area (TPSA) is 102 Å². The number of nitrogens with one attached hydrogen (secondary N) is 1. The van der Waals surface area contributed by atoms with Gasteiger partial charge in [0.05, 0.1) is 10.5 Å². The summed E-state index contributed by atoms with van der Waals surface area (Å²) in [5.74, 6) is -3.38. The van der Waals surface area contributed by atoms with Crippen LogP contribution in [0.25, 0.3) is 0 Å². The van der Waals surface area contributed by atoms with Gasteiger partial charge in [0.2, 0.25) is 0 Å². The number of nitro benzene ring substituents is 1. The predicted molar refractivity (Wildman–Crippen MR) is 73.8 cm³/mol. The molecule has 7 nitrogen and oxygen atoms in total. The fraction of sp³-hybridized carbons (Fsp3) is 0.0714. The van der Waals surface area contributed by atoms with Crippen LogP contribution in [0.15, 0.2) is 36.4 Å². The normalized spacial score (nSPS) is 11.1. The quantitative estimate of drug-likeness (QED) is 0.375. The first-order valence-electron chi connectivity index (χ1n) is 6.41. The van der Waals surface area contributed by atoms with Crippen molar-refractivity contribution in [1.82, 2.24) is 5.48 Å². The zero-order chi connectivity index (χ0) is 18.8. The summed E-state index contributed by atoms with van der Waals surface area (Å²) in [5, 5.41) is 19.4. The van der Waals surface area contributed by atoms with Gasteiger partial charge in [-0.25, -0.2) is 9.87 Å². The monoisotopic (exact) mass is 360 g/mol. The zero-order valence-corrected chi connectivity index (χ0v) is 12.0. The van der Waals surface area contributed by atoms with E-state index in [1.807, 2.05) is 0 Å². The van der Waals surface area contributed by atoms with Crippen molar-refractivity contribution >= 4 is 11.6 Å². The predicted octanol–water partition coefficient (Wildman–Crippen LogP) is 3.66. The van der Waals surface area contributed by atoms with Crippen molar-refractivity contribution in [2.24, 2.45) is 0 Å². The number of rotatable bonds is 4. The van der Waals surface area contributed by atoms with Crippen LogP contribution in [0.2, 0.25) is 0 Å². The van der Waals surface area contributed by atoms with Crippen LogP contribution in [0, 0.1) is 15.9 Å². The Hall–Kier alpha value is -3.21. The van der Waals surface area contributed by atoms with E-state index in [1.165, 1.54) is 5.48 Å². The SMILES string of the molecule is O=C(NO)c1cc(Oc2ccc(C(F)(F)F)cc2F)ccc1[N+](=O)[O-]. The van der Waals surface area contributed by atoms with Crippen LogP contribution in [0.3, 0.4) is 0 Å². The third kappa shape index (κ3) is 4.01. The maximum Gasteiger partial charge on any atom is 0.416 e. The van der Waals surface area contributed by atoms with Crippen LogP contribution in [-0.2, 0) is 6.18 Å². The van der Waals surface area contributed by atoms with Gasteiger partial charge in [-0.2, -0.15) is 13.2 Å².